The maximum atomic E-state index is 12.0. The van der Waals surface area contributed by atoms with Crippen molar-refractivity contribution >= 4 is 5.91 Å². The molecule has 2 fully saturated rings. The first-order valence-corrected chi connectivity index (χ1v) is 5.99. The Morgan fingerprint density at radius 2 is 2.00 bits per heavy atom. The van der Waals surface area contributed by atoms with E-state index in [-0.39, 0.29) is 18.1 Å². The van der Waals surface area contributed by atoms with Gasteiger partial charge in [0.15, 0.2) is 6.29 Å². The minimum absolute atomic E-state index is 0.143. The predicted molar refractivity (Wildman–Crippen MR) is 58.9 cm³/mol. The average Bonchev–Trinajstić information content (AvgIpc) is 2.83. The monoisotopic (exact) mass is 228 g/mol. The Morgan fingerprint density at radius 3 is 2.62 bits per heavy atom. The summed E-state index contributed by atoms with van der Waals surface area (Å²) in [6, 6.07) is 0. The van der Waals surface area contributed by atoms with E-state index in [1.807, 2.05) is 11.8 Å². The predicted octanol–water partition coefficient (Wildman–Crippen LogP) is -0.183. The van der Waals surface area contributed by atoms with Gasteiger partial charge in [0.1, 0.15) is 0 Å². The first-order valence-electron chi connectivity index (χ1n) is 5.99. The molecule has 0 aromatic rings. The zero-order chi connectivity index (χ0) is 11.4. The summed E-state index contributed by atoms with van der Waals surface area (Å²) in [5.74, 6) is 0.359. The maximum Gasteiger partial charge on any atom is 0.223 e. The van der Waals surface area contributed by atoms with Crippen molar-refractivity contribution in [1.82, 2.24) is 10.2 Å². The van der Waals surface area contributed by atoms with E-state index in [4.69, 9.17) is 9.47 Å². The maximum absolute atomic E-state index is 12.0. The molecule has 2 heterocycles. The summed E-state index contributed by atoms with van der Waals surface area (Å²) >= 11 is 0. The molecule has 5 nitrogen and oxygen atoms in total. The van der Waals surface area contributed by atoms with Crippen LogP contribution in [0.3, 0.4) is 0 Å². The average molecular weight is 228 g/mol. The van der Waals surface area contributed by atoms with Crippen LogP contribution >= 0.6 is 0 Å². The van der Waals surface area contributed by atoms with Crippen molar-refractivity contribution in [2.75, 3.05) is 39.4 Å². The Balaban J connectivity index is 1.76. The van der Waals surface area contributed by atoms with E-state index in [1.165, 1.54) is 0 Å². The van der Waals surface area contributed by atoms with Crippen molar-refractivity contribution in [3.8, 4) is 0 Å². The van der Waals surface area contributed by atoms with Crippen LogP contribution in [0, 0.1) is 5.92 Å². The van der Waals surface area contributed by atoms with Gasteiger partial charge in [-0.1, -0.05) is 6.92 Å². The van der Waals surface area contributed by atoms with Gasteiger partial charge in [-0.2, -0.15) is 0 Å². The number of nitrogens with one attached hydrogen (secondary N) is 1. The molecule has 1 N–H and O–H groups in total. The molecule has 2 aliphatic rings. The summed E-state index contributed by atoms with van der Waals surface area (Å²) in [5.41, 5.74) is 0. The van der Waals surface area contributed by atoms with Gasteiger partial charge in [-0.25, -0.2) is 0 Å². The molecular weight excluding hydrogens is 208 g/mol. The molecule has 2 saturated heterocycles. The Bertz CT molecular complexity index is 235. The van der Waals surface area contributed by atoms with Gasteiger partial charge in [-0.15, -0.1) is 0 Å². The summed E-state index contributed by atoms with van der Waals surface area (Å²) in [5, 5.41) is 3.23. The smallest absolute Gasteiger partial charge is 0.223 e. The number of ether oxygens (including phenoxy) is 2. The van der Waals surface area contributed by atoms with E-state index >= 15 is 0 Å². The summed E-state index contributed by atoms with van der Waals surface area (Å²) in [4.78, 5) is 13.9. The van der Waals surface area contributed by atoms with Crippen molar-refractivity contribution in [3.63, 3.8) is 0 Å². The van der Waals surface area contributed by atoms with Crippen molar-refractivity contribution in [3.05, 3.63) is 0 Å². The first-order chi connectivity index (χ1) is 7.77. The number of hydrogen-bond donors (Lipinski definition) is 1. The third-order valence-corrected chi connectivity index (χ3v) is 3.08. The lowest BCUT2D eigenvalue weighted by atomic mass is 10.1. The van der Waals surface area contributed by atoms with Crippen LogP contribution in [0.25, 0.3) is 0 Å². The van der Waals surface area contributed by atoms with Crippen LogP contribution in [-0.4, -0.2) is 56.5 Å². The molecule has 0 bridgehead atoms. The second kappa shape index (κ2) is 5.61. The fraction of sp³-hybridized carbons (Fsp3) is 0.909. The SMILES string of the molecule is CC(CC(=O)N1CCNCC1)C1OCCO1. The number of piperazine rings is 1. The third-order valence-electron chi connectivity index (χ3n) is 3.08. The van der Waals surface area contributed by atoms with E-state index in [2.05, 4.69) is 5.32 Å². The molecule has 16 heavy (non-hydrogen) atoms. The van der Waals surface area contributed by atoms with Gasteiger partial charge in [0.25, 0.3) is 0 Å². The largest absolute Gasteiger partial charge is 0.350 e. The van der Waals surface area contributed by atoms with Crippen LogP contribution in [0.5, 0.6) is 0 Å². The highest BCUT2D eigenvalue weighted by molar-refractivity contribution is 5.76. The molecule has 0 saturated carbocycles. The normalized spacial score (nSPS) is 24.7. The van der Waals surface area contributed by atoms with E-state index in [0.717, 1.165) is 26.2 Å². The number of hydrogen-bond acceptors (Lipinski definition) is 4. The number of nitrogens with zero attached hydrogens (tertiary/aromatic N) is 1. The van der Waals surface area contributed by atoms with Crippen LogP contribution in [0.4, 0.5) is 0 Å². The quantitative estimate of drug-likeness (QED) is 0.728. The minimum atomic E-state index is -0.188. The zero-order valence-corrected chi connectivity index (χ0v) is 9.78. The molecule has 2 aliphatic heterocycles. The highest BCUT2D eigenvalue weighted by atomic mass is 16.7. The van der Waals surface area contributed by atoms with E-state index in [0.29, 0.717) is 19.6 Å². The van der Waals surface area contributed by atoms with Crippen LogP contribution in [0.2, 0.25) is 0 Å². The van der Waals surface area contributed by atoms with Crippen molar-refractivity contribution in [2.45, 2.75) is 19.6 Å². The molecule has 1 amide bonds. The van der Waals surface area contributed by atoms with Gasteiger partial charge < -0.3 is 19.7 Å². The lowest BCUT2D eigenvalue weighted by Gasteiger charge is -2.29. The standard InChI is InChI=1S/C11H20N2O3/c1-9(11-15-6-7-16-11)8-10(14)13-4-2-12-3-5-13/h9,11-12H,2-8H2,1H3. The molecule has 0 aliphatic carbocycles. The van der Waals surface area contributed by atoms with Gasteiger partial charge in [0.2, 0.25) is 5.91 Å². The van der Waals surface area contributed by atoms with Crippen molar-refractivity contribution < 1.29 is 14.3 Å². The lowest BCUT2D eigenvalue weighted by Crippen LogP contribution is -2.47. The topological polar surface area (TPSA) is 50.8 Å². The number of rotatable bonds is 3. The lowest BCUT2D eigenvalue weighted by molar-refractivity contribution is -0.137. The number of carbonyl (C=O) groups excluding carboxylic acids is 1. The van der Waals surface area contributed by atoms with Crippen LogP contribution in [-0.2, 0) is 14.3 Å². The summed E-state index contributed by atoms with van der Waals surface area (Å²) in [7, 11) is 0. The Hall–Kier alpha value is -0.650. The van der Waals surface area contributed by atoms with Gasteiger partial charge in [-0.05, 0) is 0 Å². The molecule has 1 unspecified atom stereocenters. The van der Waals surface area contributed by atoms with Crippen LogP contribution < -0.4 is 5.32 Å². The first kappa shape index (κ1) is 11.8. The second-order valence-corrected chi connectivity index (χ2v) is 4.42. The molecule has 2 rings (SSSR count). The van der Waals surface area contributed by atoms with Gasteiger partial charge >= 0.3 is 0 Å². The van der Waals surface area contributed by atoms with E-state index in [1.54, 1.807) is 0 Å². The van der Waals surface area contributed by atoms with E-state index in [9.17, 15) is 4.79 Å². The molecule has 5 heteroatoms. The Kier molecular flexibility index (Phi) is 4.15. The highest BCUT2D eigenvalue weighted by Crippen LogP contribution is 2.18. The summed E-state index contributed by atoms with van der Waals surface area (Å²) < 4.78 is 10.8. The highest BCUT2D eigenvalue weighted by Gasteiger charge is 2.27. The summed E-state index contributed by atoms with van der Waals surface area (Å²) in [6.45, 7) is 6.74. The molecular formula is C11H20N2O3. The third kappa shape index (κ3) is 2.93. The zero-order valence-electron chi connectivity index (χ0n) is 9.78. The number of carbonyl (C=O) groups is 1. The Morgan fingerprint density at radius 1 is 1.38 bits per heavy atom. The molecule has 0 aromatic heterocycles. The molecule has 1 atom stereocenters. The minimum Gasteiger partial charge on any atom is -0.350 e. The fourth-order valence-electron chi connectivity index (χ4n) is 2.12. The fourth-order valence-corrected chi connectivity index (χ4v) is 2.12. The van der Waals surface area contributed by atoms with Gasteiger partial charge in [-0.3, -0.25) is 4.79 Å². The number of amides is 1. The van der Waals surface area contributed by atoms with E-state index < -0.39 is 0 Å². The van der Waals surface area contributed by atoms with Crippen molar-refractivity contribution in [1.29, 1.82) is 0 Å². The Labute approximate surface area is 96.1 Å². The molecule has 92 valence electrons. The molecule has 0 aromatic carbocycles. The molecule has 0 radical (unpaired) electrons. The van der Waals surface area contributed by atoms with Crippen molar-refractivity contribution in [2.24, 2.45) is 5.92 Å². The van der Waals surface area contributed by atoms with Gasteiger partial charge in [0.05, 0.1) is 13.2 Å². The van der Waals surface area contributed by atoms with Gasteiger partial charge in [0, 0.05) is 38.5 Å². The summed E-state index contributed by atoms with van der Waals surface area (Å²) in [6.07, 6.45) is 0.330. The van der Waals surface area contributed by atoms with Crippen LogP contribution in [0.15, 0.2) is 0 Å². The molecule has 0 spiro atoms. The second-order valence-electron chi connectivity index (χ2n) is 4.42. The van der Waals surface area contributed by atoms with Crippen LogP contribution in [0.1, 0.15) is 13.3 Å².